The van der Waals surface area contributed by atoms with Crippen molar-refractivity contribution in [1.82, 2.24) is 19.8 Å². The average molecular weight is 592 g/mol. The van der Waals surface area contributed by atoms with Crippen LogP contribution in [0.2, 0.25) is 0 Å². The van der Waals surface area contributed by atoms with Crippen molar-refractivity contribution in [2.45, 2.75) is 51.0 Å². The second-order valence-electron chi connectivity index (χ2n) is 11.5. The Kier molecular flexibility index (Phi) is 9.35. The first-order valence-electron chi connectivity index (χ1n) is 14.3. The Hall–Kier alpha value is -2.20. The monoisotopic (exact) mass is 591 g/mol. The van der Waals surface area contributed by atoms with Crippen molar-refractivity contribution >= 4 is 42.1 Å². The molecular formula is C28H39FN5O4PS. The Morgan fingerprint density at radius 1 is 1.07 bits per heavy atom. The Morgan fingerprint density at radius 2 is 1.77 bits per heavy atom. The minimum absolute atomic E-state index is 0.0787. The van der Waals surface area contributed by atoms with Crippen LogP contribution in [0, 0.1) is 5.82 Å². The van der Waals surface area contributed by atoms with Gasteiger partial charge in [0.25, 0.3) is 5.91 Å². The average Bonchev–Trinajstić information content (AvgIpc) is 3.29. The number of hydrogen-bond donors (Lipinski definition) is 0. The van der Waals surface area contributed by atoms with Gasteiger partial charge in [-0.05, 0) is 94.9 Å². The maximum Gasteiger partial charge on any atom is 0.415 e. The van der Waals surface area contributed by atoms with Crippen LogP contribution < -0.4 is 4.74 Å². The Bertz CT molecular complexity index is 1220. The molecule has 1 aromatic rings. The van der Waals surface area contributed by atoms with Crippen LogP contribution in [0.3, 0.4) is 0 Å². The molecule has 0 N–H and O–H groups in total. The van der Waals surface area contributed by atoms with E-state index < -0.39 is 25.0 Å². The molecule has 4 heterocycles. The zero-order valence-electron chi connectivity index (χ0n) is 23.4. The first-order valence-corrected chi connectivity index (χ1v) is 17.9. The van der Waals surface area contributed by atoms with Gasteiger partial charge in [-0.2, -0.15) is 4.99 Å². The molecule has 0 aliphatic carbocycles. The van der Waals surface area contributed by atoms with Crippen molar-refractivity contribution in [3.05, 3.63) is 34.5 Å². The molecule has 4 aliphatic heterocycles. The van der Waals surface area contributed by atoms with Crippen LogP contribution in [0.15, 0.2) is 28.1 Å². The maximum atomic E-state index is 14.2. The third-order valence-electron chi connectivity index (χ3n) is 7.80. The summed E-state index contributed by atoms with van der Waals surface area (Å²) >= 11 is 1.23. The third kappa shape index (κ3) is 7.35. The number of amidine groups is 1. The number of carbonyl (C=O) groups is 2. The highest BCUT2D eigenvalue weighted by Crippen LogP contribution is 2.40. The molecule has 0 aromatic heterocycles. The summed E-state index contributed by atoms with van der Waals surface area (Å²) in [6.07, 6.45) is 9.05. The van der Waals surface area contributed by atoms with Crippen molar-refractivity contribution in [2.24, 2.45) is 4.99 Å². The largest absolute Gasteiger partial charge is 0.415 e. The SMILES string of the molecule is CP(C)(=O)CN1CCCCN1C1=NC(=O)/C(=C/c2ccc(F)cc2OC(=O)N2CCC(N3CCCCC3)CC2)S1. The summed E-state index contributed by atoms with van der Waals surface area (Å²) in [4.78, 5) is 34.8. The predicted molar refractivity (Wildman–Crippen MR) is 157 cm³/mol. The third-order valence-corrected chi connectivity index (χ3v) is 9.81. The van der Waals surface area contributed by atoms with Gasteiger partial charge in [-0.15, -0.1) is 0 Å². The van der Waals surface area contributed by atoms with E-state index in [9.17, 15) is 18.5 Å². The number of halogens is 1. The number of hydrogen-bond acceptors (Lipinski definition) is 8. The van der Waals surface area contributed by atoms with E-state index in [-0.39, 0.29) is 5.75 Å². The number of ether oxygens (including phenoxy) is 1. The summed E-state index contributed by atoms with van der Waals surface area (Å²) < 4.78 is 32.4. The fourth-order valence-corrected chi connectivity index (χ4v) is 7.83. The second-order valence-corrected chi connectivity index (χ2v) is 15.9. The van der Waals surface area contributed by atoms with Crippen LogP contribution in [-0.2, 0) is 9.36 Å². The van der Waals surface area contributed by atoms with Gasteiger partial charge in [-0.3, -0.25) is 9.80 Å². The zero-order chi connectivity index (χ0) is 28.3. The van der Waals surface area contributed by atoms with Gasteiger partial charge in [0.2, 0.25) is 0 Å². The Labute approximate surface area is 240 Å². The van der Waals surface area contributed by atoms with Crippen LogP contribution in [0.4, 0.5) is 9.18 Å². The first kappa shape index (κ1) is 29.3. The quantitative estimate of drug-likeness (QED) is 0.344. The van der Waals surface area contributed by atoms with Gasteiger partial charge in [0.05, 0.1) is 18.3 Å². The number of aliphatic imine (C=N–C) groups is 1. The molecule has 1 aromatic carbocycles. The fourth-order valence-electron chi connectivity index (χ4n) is 5.80. The lowest BCUT2D eigenvalue weighted by molar-refractivity contribution is -0.113. The van der Waals surface area contributed by atoms with E-state index in [2.05, 4.69) is 9.89 Å². The molecule has 3 fully saturated rings. The Morgan fingerprint density at radius 3 is 2.50 bits per heavy atom. The number of amides is 2. The van der Waals surface area contributed by atoms with Crippen molar-refractivity contribution in [1.29, 1.82) is 0 Å². The molecule has 9 nitrogen and oxygen atoms in total. The van der Waals surface area contributed by atoms with E-state index in [0.717, 1.165) is 45.3 Å². The van der Waals surface area contributed by atoms with Crippen LogP contribution in [0.5, 0.6) is 5.75 Å². The highest BCUT2D eigenvalue weighted by atomic mass is 32.2. The molecule has 0 saturated carbocycles. The van der Waals surface area contributed by atoms with E-state index >= 15 is 0 Å². The first-order chi connectivity index (χ1) is 19.2. The minimum atomic E-state index is -2.31. The van der Waals surface area contributed by atoms with Crippen molar-refractivity contribution in [3.63, 3.8) is 0 Å². The standard InChI is InChI=1S/C28H39FN5O4PS/c1-39(2,37)20-33-14-6-7-15-34(33)27-30-26(35)25(40-27)18-21-8-9-22(29)19-24(21)38-28(36)32-16-10-23(11-17-32)31-12-4-3-5-13-31/h8-9,18-19,23H,3-7,10-17,20H2,1-2H3/b25-18-. The number of likely N-dealkylation sites (tertiary alicyclic amines) is 2. The number of rotatable bonds is 5. The minimum Gasteiger partial charge on any atom is -0.409 e. The molecule has 12 heteroatoms. The van der Waals surface area contributed by atoms with Crippen LogP contribution >= 0.6 is 18.9 Å². The number of nitrogens with zero attached hydrogens (tertiary/aromatic N) is 5. The normalized spacial score (nSPS) is 23.1. The number of hydrazine groups is 1. The van der Waals surface area contributed by atoms with E-state index in [1.165, 1.54) is 49.2 Å². The van der Waals surface area contributed by atoms with Crippen molar-refractivity contribution in [3.8, 4) is 5.75 Å². The summed E-state index contributed by atoms with van der Waals surface area (Å²) in [6.45, 7) is 8.44. The number of piperidine rings is 2. The van der Waals surface area contributed by atoms with Gasteiger partial charge in [0.1, 0.15) is 11.6 Å². The molecule has 0 bridgehead atoms. The molecule has 0 radical (unpaired) electrons. The molecular weight excluding hydrogens is 552 g/mol. The van der Waals surface area contributed by atoms with Crippen LogP contribution in [0.1, 0.15) is 50.5 Å². The second kappa shape index (κ2) is 12.8. The molecule has 40 heavy (non-hydrogen) atoms. The fraction of sp³-hybridized carbons (Fsp3) is 0.607. The van der Waals surface area contributed by atoms with Gasteiger partial charge in [-0.1, -0.05) is 6.42 Å². The van der Waals surface area contributed by atoms with Gasteiger partial charge in [0, 0.05) is 43.9 Å². The Balaban J connectivity index is 1.25. The van der Waals surface area contributed by atoms with Crippen molar-refractivity contribution < 1.29 is 23.3 Å². The molecule has 0 spiro atoms. The lowest BCUT2D eigenvalue weighted by atomic mass is 10.0. The predicted octanol–water partition coefficient (Wildman–Crippen LogP) is 5.14. The van der Waals surface area contributed by atoms with Gasteiger partial charge < -0.3 is 19.1 Å². The lowest BCUT2D eigenvalue weighted by Gasteiger charge is -2.40. The van der Waals surface area contributed by atoms with Crippen LogP contribution in [0.25, 0.3) is 6.08 Å². The van der Waals surface area contributed by atoms with Crippen LogP contribution in [-0.4, -0.2) is 102 Å². The van der Waals surface area contributed by atoms with E-state index in [1.54, 1.807) is 24.3 Å². The maximum absolute atomic E-state index is 14.2. The van der Waals surface area contributed by atoms with E-state index in [0.29, 0.717) is 47.6 Å². The summed E-state index contributed by atoms with van der Waals surface area (Å²) in [6, 6.07) is 4.47. The van der Waals surface area contributed by atoms with Gasteiger partial charge >= 0.3 is 6.09 Å². The zero-order valence-corrected chi connectivity index (χ0v) is 25.1. The van der Waals surface area contributed by atoms with Gasteiger partial charge in [-0.25, -0.2) is 14.2 Å². The van der Waals surface area contributed by atoms with E-state index in [4.69, 9.17) is 4.74 Å². The smallest absolute Gasteiger partial charge is 0.409 e. The molecule has 4 aliphatic rings. The van der Waals surface area contributed by atoms with Crippen molar-refractivity contribution in [2.75, 3.05) is 58.9 Å². The highest BCUT2D eigenvalue weighted by molar-refractivity contribution is 8.18. The summed E-state index contributed by atoms with van der Waals surface area (Å²) in [5, 5.41) is 4.51. The molecule has 2 amide bonds. The lowest BCUT2D eigenvalue weighted by Crippen LogP contribution is -2.49. The number of carbonyl (C=O) groups excluding carboxylic acids is 2. The summed E-state index contributed by atoms with van der Waals surface area (Å²) in [7, 11) is -2.31. The topological polar surface area (TPSA) is 85.8 Å². The molecule has 5 rings (SSSR count). The summed E-state index contributed by atoms with van der Waals surface area (Å²) in [5.74, 6) is -0.846. The molecule has 3 saturated heterocycles. The van der Waals surface area contributed by atoms with Gasteiger partial charge in [0.15, 0.2) is 5.17 Å². The number of benzene rings is 1. The van der Waals surface area contributed by atoms with E-state index in [1.807, 2.05) is 10.0 Å². The molecule has 218 valence electrons. The molecule has 0 atom stereocenters. The summed E-state index contributed by atoms with van der Waals surface area (Å²) in [5.41, 5.74) is 0.437. The molecule has 0 unspecified atom stereocenters. The highest BCUT2D eigenvalue weighted by Gasteiger charge is 2.33. The number of thioether (sulfide) groups is 1.